The average Bonchev–Trinajstić information content (AvgIpc) is 3.34. The molecular weight excluding hydrogens is 368 g/mol. The van der Waals surface area contributed by atoms with Crippen LogP contribution in [0.15, 0.2) is 48.7 Å². The minimum atomic E-state index is 0.0292. The van der Waals surface area contributed by atoms with E-state index in [1.165, 1.54) is 9.75 Å². The third-order valence-electron chi connectivity index (χ3n) is 4.54. The molecule has 1 N–H and O–H groups in total. The smallest absolute Gasteiger partial charge is 0.271 e. The number of hydrogen-bond acceptors (Lipinski definition) is 4. The van der Waals surface area contributed by atoms with Crippen molar-refractivity contribution in [3.63, 3.8) is 0 Å². The van der Waals surface area contributed by atoms with Gasteiger partial charge in [-0.3, -0.25) is 14.8 Å². The maximum Gasteiger partial charge on any atom is 0.271 e. The van der Waals surface area contributed by atoms with Crippen molar-refractivity contribution in [3.8, 4) is 10.4 Å². The van der Waals surface area contributed by atoms with Crippen molar-refractivity contribution in [2.75, 3.05) is 26.2 Å². The quantitative estimate of drug-likeness (QED) is 0.743. The standard InChI is InChI=1S/C19H19ClN4OS/c20-15-3-1-2-14(12-15)18-5-4-16(26-18)13-23-8-10-24(11-9-23)19(25)17-6-7-21-22-17/h1-7,12H,8-11,13H2,(H,21,22). The first-order chi connectivity index (χ1) is 12.7. The molecular formula is C19H19ClN4OS. The number of aromatic nitrogens is 2. The highest BCUT2D eigenvalue weighted by Crippen LogP contribution is 2.30. The van der Waals surface area contributed by atoms with Crippen molar-refractivity contribution in [2.45, 2.75) is 6.54 Å². The van der Waals surface area contributed by atoms with Crippen molar-refractivity contribution in [2.24, 2.45) is 0 Å². The Kier molecular flexibility index (Phi) is 5.06. The van der Waals surface area contributed by atoms with Gasteiger partial charge in [-0.05, 0) is 35.9 Å². The highest BCUT2D eigenvalue weighted by molar-refractivity contribution is 7.15. The Labute approximate surface area is 161 Å². The molecule has 4 rings (SSSR count). The Morgan fingerprint density at radius 3 is 2.73 bits per heavy atom. The molecule has 7 heteroatoms. The molecule has 0 radical (unpaired) electrons. The second-order valence-corrected chi connectivity index (χ2v) is 7.92. The van der Waals surface area contributed by atoms with Crippen LogP contribution in [0, 0.1) is 0 Å². The van der Waals surface area contributed by atoms with Gasteiger partial charge in [-0.1, -0.05) is 23.7 Å². The van der Waals surface area contributed by atoms with E-state index in [2.05, 4.69) is 33.3 Å². The van der Waals surface area contributed by atoms with E-state index in [1.807, 2.05) is 23.1 Å². The molecule has 1 amide bonds. The van der Waals surface area contributed by atoms with Crippen molar-refractivity contribution in [1.29, 1.82) is 0 Å². The van der Waals surface area contributed by atoms with Crippen LogP contribution in [0.1, 0.15) is 15.4 Å². The average molecular weight is 387 g/mol. The van der Waals surface area contributed by atoms with Crippen LogP contribution in [0.3, 0.4) is 0 Å². The van der Waals surface area contributed by atoms with E-state index in [-0.39, 0.29) is 5.91 Å². The third-order valence-corrected chi connectivity index (χ3v) is 5.90. The first-order valence-corrected chi connectivity index (χ1v) is 9.74. The molecule has 0 saturated carbocycles. The number of nitrogens with one attached hydrogen (secondary N) is 1. The van der Waals surface area contributed by atoms with Gasteiger partial charge >= 0.3 is 0 Å². The Morgan fingerprint density at radius 2 is 2.00 bits per heavy atom. The van der Waals surface area contributed by atoms with Gasteiger partial charge in [-0.15, -0.1) is 11.3 Å². The number of H-pyrrole nitrogens is 1. The molecule has 1 aliphatic heterocycles. The van der Waals surface area contributed by atoms with Crippen LogP contribution in [-0.2, 0) is 6.54 Å². The summed E-state index contributed by atoms with van der Waals surface area (Å²) in [5.74, 6) is 0.0292. The number of hydrogen-bond donors (Lipinski definition) is 1. The molecule has 0 atom stereocenters. The van der Waals surface area contributed by atoms with Crippen LogP contribution < -0.4 is 0 Å². The number of aromatic amines is 1. The van der Waals surface area contributed by atoms with Crippen LogP contribution in [0.2, 0.25) is 5.02 Å². The number of thiophene rings is 1. The Bertz CT molecular complexity index is 885. The highest BCUT2D eigenvalue weighted by Gasteiger charge is 2.23. The van der Waals surface area contributed by atoms with Gasteiger partial charge in [0.05, 0.1) is 0 Å². The molecule has 2 aromatic heterocycles. The fourth-order valence-corrected chi connectivity index (χ4v) is 4.37. The number of carbonyl (C=O) groups is 1. The fourth-order valence-electron chi connectivity index (χ4n) is 3.13. The first-order valence-electron chi connectivity index (χ1n) is 8.55. The zero-order chi connectivity index (χ0) is 17.9. The largest absolute Gasteiger partial charge is 0.335 e. The molecule has 0 bridgehead atoms. The molecule has 0 unspecified atom stereocenters. The van der Waals surface area contributed by atoms with Crippen LogP contribution in [-0.4, -0.2) is 52.1 Å². The van der Waals surface area contributed by atoms with Gasteiger partial charge in [0.2, 0.25) is 0 Å². The normalized spacial score (nSPS) is 15.3. The number of rotatable bonds is 4. The predicted molar refractivity (Wildman–Crippen MR) is 105 cm³/mol. The molecule has 3 heterocycles. The Hall–Kier alpha value is -2.15. The molecule has 5 nitrogen and oxygen atoms in total. The van der Waals surface area contributed by atoms with Crippen molar-refractivity contribution < 1.29 is 4.79 Å². The van der Waals surface area contributed by atoms with Crippen LogP contribution in [0.5, 0.6) is 0 Å². The lowest BCUT2D eigenvalue weighted by atomic mass is 10.2. The van der Waals surface area contributed by atoms with E-state index in [0.29, 0.717) is 5.69 Å². The molecule has 0 aliphatic carbocycles. The summed E-state index contributed by atoms with van der Waals surface area (Å²) in [6.45, 7) is 4.15. The molecule has 1 fully saturated rings. The molecule has 3 aromatic rings. The number of piperazine rings is 1. The topological polar surface area (TPSA) is 52.2 Å². The van der Waals surface area contributed by atoms with E-state index >= 15 is 0 Å². The van der Waals surface area contributed by atoms with Crippen LogP contribution >= 0.6 is 22.9 Å². The van der Waals surface area contributed by atoms with Gasteiger partial charge in [-0.25, -0.2) is 0 Å². The first kappa shape index (κ1) is 17.3. The maximum atomic E-state index is 12.3. The summed E-state index contributed by atoms with van der Waals surface area (Å²) in [5.41, 5.74) is 1.71. The van der Waals surface area contributed by atoms with Crippen LogP contribution in [0.4, 0.5) is 0 Å². The van der Waals surface area contributed by atoms with Gasteiger partial charge < -0.3 is 4.90 Å². The van der Waals surface area contributed by atoms with E-state index in [1.54, 1.807) is 23.6 Å². The molecule has 134 valence electrons. The second kappa shape index (κ2) is 7.61. The summed E-state index contributed by atoms with van der Waals surface area (Å²) in [7, 11) is 0. The third kappa shape index (κ3) is 3.82. The van der Waals surface area contributed by atoms with Crippen LogP contribution in [0.25, 0.3) is 10.4 Å². The molecule has 26 heavy (non-hydrogen) atoms. The minimum absolute atomic E-state index is 0.0292. The number of benzene rings is 1. The zero-order valence-electron chi connectivity index (χ0n) is 14.2. The van der Waals surface area contributed by atoms with Gasteiger partial charge in [0.25, 0.3) is 5.91 Å². The Morgan fingerprint density at radius 1 is 1.15 bits per heavy atom. The minimum Gasteiger partial charge on any atom is -0.335 e. The number of nitrogens with zero attached hydrogens (tertiary/aromatic N) is 3. The summed E-state index contributed by atoms with van der Waals surface area (Å²) in [6, 6.07) is 14.0. The van der Waals surface area contributed by atoms with Gasteiger partial charge in [0, 0.05) is 53.7 Å². The van der Waals surface area contributed by atoms with Crippen molar-refractivity contribution in [3.05, 3.63) is 64.3 Å². The summed E-state index contributed by atoms with van der Waals surface area (Å²) >= 11 is 7.89. The predicted octanol–water partition coefficient (Wildman–Crippen LogP) is 3.75. The van der Waals surface area contributed by atoms with Gasteiger partial charge in [0.15, 0.2) is 0 Å². The number of halogens is 1. The van der Waals surface area contributed by atoms with Gasteiger partial charge in [0.1, 0.15) is 5.69 Å². The van der Waals surface area contributed by atoms with Crippen molar-refractivity contribution >= 4 is 28.8 Å². The number of amides is 1. The molecule has 1 aromatic carbocycles. The lowest BCUT2D eigenvalue weighted by Crippen LogP contribution is -2.48. The lowest BCUT2D eigenvalue weighted by molar-refractivity contribution is 0.0624. The fraction of sp³-hybridized carbons (Fsp3) is 0.263. The van der Waals surface area contributed by atoms with E-state index in [9.17, 15) is 4.79 Å². The summed E-state index contributed by atoms with van der Waals surface area (Å²) in [6.07, 6.45) is 1.61. The van der Waals surface area contributed by atoms with Gasteiger partial charge in [-0.2, -0.15) is 5.10 Å². The van der Waals surface area contributed by atoms with Crippen molar-refractivity contribution in [1.82, 2.24) is 20.0 Å². The van der Waals surface area contributed by atoms with E-state index < -0.39 is 0 Å². The summed E-state index contributed by atoms with van der Waals surface area (Å²) < 4.78 is 0. The molecule has 1 aliphatic rings. The number of carbonyl (C=O) groups excluding carboxylic acids is 1. The Balaban J connectivity index is 1.34. The highest BCUT2D eigenvalue weighted by atomic mass is 35.5. The molecule has 1 saturated heterocycles. The second-order valence-electron chi connectivity index (χ2n) is 6.31. The SMILES string of the molecule is O=C(c1ccn[nH]1)N1CCN(Cc2ccc(-c3cccc(Cl)c3)s2)CC1. The summed E-state index contributed by atoms with van der Waals surface area (Å²) in [5, 5.41) is 7.36. The summed E-state index contributed by atoms with van der Waals surface area (Å²) in [4.78, 5) is 19.2. The zero-order valence-corrected chi connectivity index (χ0v) is 15.8. The lowest BCUT2D eigenvalue weighted by Gasteiger charge is -2.34. The maximum absolute atomic E-state index is 12.3. The molecule has 0 spiro atoms. The monoisotopic (exact) mass is 386 g/mol. The van der Waals surface area contributed by atoms with E-state index in [4.69, 9.17) is 11.6 Å². The van der Waals surface area contributed by atoms with E-state index in [0.717, 1.165) is 43.3 Å².